The number of alkyl halides is 3. The van der Waals surface area contributed by atoms with Gasteiger partial charge in [0, 0.05) is 25.3 Å². The maximum Gasteiger partial charge on any atom is 0.418 e. The van der Waals surface area contributed by atoms with E-state index in [1.165, 1.54) is 25.4 Å². The van der Waals surface area contributed by atoms with Gasteiger partial charge in [0.05, 0.1) is 35.8 Å². The number of hydrogen-bond acceptors (Lipinski definition) is 5. The van der Waals surface area contributed by atoms with E-state index in [-0.39, 0.29) is 23.9 Å². The standard InChI is InChI=1S/C24H25F3N2O4/c25-24(26,27)19-11-15(16-7-10-32-13-16)3-4-18-20(19)28-21(22(18)30)23(31)29-8-5-17(6-9-29)33-12-14-1-2-14/h3,7,10-11,13-14,17-18,30H,1-2,4-6,8-9,12H2. The lowest BCUT2D eigenvalue weighted by molar-refractivity contribution is -0.130. The molecule has 33 heavy (non-hydrogen) atoms. The molecule has 1 aromatic heterocycles. The quantitative estimate of drug-likeness (QED) is 0.681. The first-order chi connectivity index (χ1) is 15.8. The summed E-state index contributed by atoms with van der Waals surface area (Å²) >= 11 is 0. The number of carbonyl (C=O) groups excluding carboxylic acids is 1. The summed E-state index contributed by atoms with van der Waals surface area (Å²) in [5.74, 6) is -1.29. The maximum atomic E-state index is 14.0. The first-order valence-electron chi connectivity index (χ1n) is 11.3. The van der Waals surface area contributed by atoms with Crippen molar-refractivity contribution in [1.82, 2.24) is 4.90 Å². The SMILES string of the molecule is O=C(C1=C(O)C2CC=C(c3ccoc3)C=C(C(F)(F)F)C2=N1)N1CCC(OCC2CC2)CC1. The third-order valence-electron chi connectivity index (χ3n) is 6.64. The number of aliphatic imine (C=N–C) groups is 1. The number of likely N-dealkylation sites (tertiary alicyclic amines) is 1. The average molecular weight is 462 g/mol. The second-order valence-electron chi connectivity index (χ2n) is 9.01. The minimum absolute atomic E-state index is 0.0875. The third-order valence-corrected chi connectivity index (χ3v) is 6.64. The van der Waals surface area contributed by atoms with Gasteiger partial charge in [0.15, 0.2) is 5.70 Å². The fourth-order valence-corrected chi connectivity index (χ4v) is 4.50. The zero-order valence-electron chi connectivity index (χ0n) is 18.0. The largest absolute Gasteiger partial charge is 0.509 e. The van der Waals surface area contributed by atoms with Gasteiger partial charge in [0.1, 0.15) is 5.76 Å². The Hall–Kier alpha value is -2.81. The zero-order chi connectivity index (χ0) is 23.2. The molecule has 1 unspecified atom stereocenters. The number of piperidine rings is 1. The van der Waals surface area contributed by atoms with Gasteiger partial charge >= 0.3 is 6.18 Å². The van der Waals surface area contributed by atoms with Crippen LogP contribution in [0.1, 0.15) is 37.7 Å². The Kier molecular flexibility index (Phi) is 5.68. The molecule has 0 radical (unpaired) electrons. The Morgan fingerprint density at radius 2 is 2.00 bits per heavy atom. The fourth-order valence-electron chi connectivity index (χ4n) is 4.50. The van der Waals surface area contributed by atoms with Gasteiger partial charge in [-0.2, -0.15) is 13.2 Å². The highest BCUT2D eigenvalue weighted by Crippen LogP contribution is 2.41. The zero-order valence-corrected chi connectivity index (χ0v) is 18.0. The summed E-state index contributed by atoms with van der Waals surface area (Å²) in [5.41, 5.74) is -0.728. The van der Waals surface area contributed by atoms with Crippen LogP contribution >= 0.6 is 0 Å². The van der Waals surface area contributed by atoms with Gasteiger partial charge in [-0.15, -0.1) is 0 Å². The highest BCUT2D eigenvalue weighted by molar-refractivity contribution is 6.12. The van der Waals surface area contributed by atoms with E-state index in [1.54, 1.807) is 17.0 Å². The normalized spacial score (nSPS) is 24.3. The van der Waals surface area contributed by atoms with Crippen molar-refractivity contribution in [1.29, 1.82) is 0 Å². The van der Waals surface area contributed by atoms with Crippen molar-refractivity contribution >= 4 is 17.2 Å². The number of furan rings is 1. The van der Waals surface area contributed by atoms with Crippen molar-refractivity contribution in [3.63, 3.8) is 0 Å². The molecule has 6 nitrogen and oxygen atoms in total. The van der Waals surface area contributed by atoms with Crippen LogP contribution in [-0.2, 0) is 9.53 Å². The summed E-state index contributed by atoms with van der Waals surface area (Å²) in [6.45, 7) is 1.60. The number of rotatable bonds is 5. The second-order valence-corrected chi connectivity index (χ2v) is 9.01. The topological polar surface area (TPSA) is 75.3 Å². The van der Waals surface area contributed by atoms with Crippen molar-refractivity contribution in [2.75, 3.05) is 19.7 Å². The number of aliphatic hydroxyl groups is 1. The van der Waals surface area contributed by atoms with Crippen LogP contribution in [0.25, 0.3) is 5.57 Å². The average Bonchev–Trinajstić information content (AvgIpc) is 3.42. The molecule has 0 aromatic carbocycles. The Bertz CT molecular complexity index is 1040. The molecule has 2 aliphatic carbocycles. The number of carbonyl (C=O) groups is 1. The highest BCUT2D eigenvalue weighted by atomic mass is 19.4. The van der Waals surface area contributed by atoms with E-state index in [9.17, 15) is 23.1 Å². The molecule has 1 saturated heterocycles. The molecule has 2 fully saturated rings. The number of aliphatic hydroxyl groups excluding tert-OH is 1. The number of halogens is 3. The summed E-state index contributed by atoms with van der Waals surface area (Å²) in [5, 5.41) is 10.8. The van der Waals surface area contributed by atoms with Crippen LogP contribution < -0.4 is 0 Å². The Balaban J connectivity index is 1.34. The summed E-state index contributed by atoms with van der Waals surface area (Å²) < 4.78 is 52.7. The van der Waals surface area contributed by atoms with Crippen molar-refractivity contribution in [2.45, 2.75) is 44.4 Å². The lowest BCUT2D eigenvalue weighted by Crippen LogP contribution is -2.41. The molecule has 2 aliphatic heterocycles. The van der Waals surface area contributed by atoms with Crippen LogP contribution in [0.3, 0.4) is 0 Å². The molecule has 1 atom stereocenters. The summed E-state index contributed by atoms with van der Waals surface area (Å²) in [7, 11) is 0. The monoisotopic (exact) mass is 462 g/mol. The van der Waals surface area contributed by atoms with Gasteiger partial charge in [0.2, 0.25) is 0 Å². The second kappa shape index (κ2) is 8.52. The predicted octanol–water partition coefficient (Wildman–Crippen LogP) is 4.81. The minimum atomic E-state index is -4.69. The van der Waals surface area contributed by atoms with E-state index in [4.69, 9.17) is 9.15 Å². The number of ether oxygens (including phenoxy) is 1. The molecule has 1 saturated carbocycles. The van der Waals surface area contributed by atoms with Crippen molar-refractivity contribution in [2.24, 2.45) is 16.8 Å². The van der Waals surface area contributed by atoms with E-state index in [2.05, 4.69) is 4.99 Å². The molecule has 1 aromatic rings. The molecule has 4 aliphatic rings. The van der Waals surface area contributed by atoms with Crippen LogP contribution in [0.5, 0.6) is 0 Å². The van der Waals surface area contributed by atoms with Crippen molar-refractivity contribution in [3.05, 3.63) is 53.3 Å². The van der Waals surface area contributed by atoms with Crippen LogP contribution in [0.2, 0.25) is 0 Å². The van der Waals surface area contributed by atoms with Gasteiger partial charge in [-0.1, -0.05) is 6.08 Å². The van der Waals surface area contributed by atoms with Crippen molar-refractivity contribution in [3.8, 4) is 0 Å². The lowest BCUT2D eigenvalue weighted by Gasteiger charge is -2.32. The lowest BCUT2D eigenvalue weighted by atomic mass is 9.94. The fraction of sp³-hybridized carbons (Fsp3) is 0.500. The molecule has 176 valence electrons. The third kappa shape index (κ3) is 4.51. The summed E-state index contributed by atoms with van der Waals surface area (Å²) in [6, 6.07) is 1.57. The Labute approximate surface area is 189 Å². The van der Waals surface area contributed by atoms with Crippen LogP contribution in [-0.4, -0.2) is 53.6 Å². The highest BCUT2D eigenvalue weighted by Gasteiger charge is 2.46. The van der Waals surface area contributed by atoms with E-state index in [0.29, 0.717) is 43.0 Å². The molecule has 9 heteroatoms. The number of allylic oxidation sites excluding steroid dienone is 5. The summed E-state index contributed by atoms with van der Waals surface area (Å²) in [4.78, 5) is 18.7. The predicted molar refractivity (Wildman–Crippen MR) is 114 cm³/mol. The first-order valence-corrected chi connectivity index (χ1v) is 11.3. The van der Waals surface area contributed by atoms with Gasteiger partial charge in [0.25, 0.3) is 5.91 Å². The first kappa shape index (κ1) is 22.0. The molecule has 0 spiro atoms. The number of fused-ring (bicyclic) bond motifs is 1. The number of hydrogen-bond donors (Lipinski definition) is 1. The molecule has 5 rings (SSSR count). The van der Waals surface area contributed by atoms with E-state index in [0.717, 1.165) is 12.7 Å². The molecular formula is C24H25F3N2O4. The number of amides is 1. The summed E-state index contributed by atoms with van der Waals surface area (Å²) in [6.07, 6.45) is 4.59. The molecule has 1 N–H and O–H groups in total. The van der Waals surface area contributed by atoms with Gasteiger partial charge < -0.3 is 19.2 Å². The molecular weight excluding hydrogens is 437 g/mol. The minimum Gasteiger partial charge on any atom is -0.509 e. The molecule has 0 bridgehead atoms. The van der Waals surface area contributed by atoms with Crippen LogP contribution in [0.15, 0.2) is 57.2 Å². The van der Waals surface area contributed by atoms with Crippen LogP contribution in [0.4, 0.5) is 13.2 Å². The van der Waals surface area contributed by atoms with Crippen LogP contribution in [0, 0.1) is 11.8 Å². The molecule has 3 heterocycles. The Morgan fingerprint density at radius 3 is 2.64 bits per heavy atom. The van der Waals surface area contributed by atoms with Crippen molar-refractivity contribution < 1.29 is 32.2 Å². The molecule has 1 amide bonds. The van der Waals surface area contributed by atoms with Gasteiger partial charge in [-0.25, -0.2) is 4.99 Å². The smallest absolute Gasteiger partial charge is 0.418 e. The van der Waals surface area contributed by atoms with E-state index >= 15 is 0 Å². The van der Waals surface area contributed by atoms with Gasteiger partial charge in [-0.05, 0) is 55.7 Å². The maximum absolute atomic E-state index is 14.0. The van der Waals surface area contributed by atoms with E-state index < -0.39 is 29.3 Å². The van der Waals surface area contributed by atoms with E-state index in [1.807, 2.05) is 0 Å². The number of nitrogens with zero attached hydrogens (tertiary/aromatic N) is 2. The Morgan fingerprint density at radius 1 is 1.24 bits per heavy atom. The van der Waals surface area contributed by atoms with Gasteiger partial charge in [-0.3, -0.25) is 4.79 Å².